The maximum atomic E-state index is 12.3. The Balaban J connectivity index is 1.77. The first kappa shape index (κ1) is 24.6. The Morgan fingerprint density at radius 2 is 1.74 bits per heavy atom. The van der Waals surface area contributed by atoms with Gasteiger partial charge in [0, 0.05) is 12.7 Å². The van der Waals surface area contributed by atoms with E-state index in [1.807, 2.05) is 32.0 Å². The van der Waals surface area contributed by atoms with Gasteiger partial charge in [0.2, 0.25) is 0 Å². The fourth-order valence-corrected chi connectivity index (χ4v) is 3.10. The second-order valence-electron chi connectivity index (χ2n) is 6.50. The number of halogens is 1. The molecule has 0 radical (unpaired) electrons. The molecule has 2 rings (SSSR count). The molecule has 0 aromatic heterocycles. The van der Waals surface area contributed by atoms with E-state index in [-0.39, 0.29) is 11.7 Å². The van der Waals surface area contributed by atoms with Crippen LogP contribution in [-0.4, -0.2) is 43.9 Å². The molecule has 0 aliphatic heterocycles. The molecule has 8 nitrogen and oxygen atoms in total. The lowest BCUT2D eigenvalue weighted by Gasteiger charge is -2.13. The molecule has 0 aliphatic rings. The molecule has 0 saturated heterocycles. The van der Waals surface area contributed by atoms with E-state index in [0.717, 1.165) is 11.1 Å². The minimum absolute atomic E-state index is 0.0543. The van der Waals surface area contributed by atoms with E-state index >= 15 is 0 Å². The van der Waals surface area contributed by atoms with Crippen LogP contribution in [0, 0.1) is 13.8 Å². The van der Waals surface area contributed by atoms with Crippen LogP contribution in [0.5, 0.6) is 11.5 Å². The first-order valence-corrected chi connectivity index (χ1v) is 10.5. The van der Waals surface area contributed by atoms with Crippen molar-refractivity contribution in [3.8, 4) is 11.5 Å². The van der Waals surface area contributed by atoms with Gasteiger partial charge in [-0.2, -0.15) is 0 Å². The number of aryl methyl sites for hydroxylation is 2. The fraction of sp³-hybridized carbons (Fsp3) is 0.286. The Bertz CT molecular complexity index is 955. The summed E-state index contributed by atoms with van der Waals surface area (Å²) in [5.74, 6) is 0.321. The molecule has 2 aromatic rings. The second-order valence-corrected chi connectivity index (χ2v) is 7.76. The van der Waals surface area contributed by atoms with Gasteiger partial charge in [-0.3, -0.25) is 25.8 Å². The van der Waals surface area contributed by atoms with Gasteiger partial charge in [0.15, 0.2) is 11.7 Å². The molecule has 10 heteroatoms. The van der Waals surface area contributed by atoms with Crippen LogP contribution in [0.25, 0.3) is 0 Å². The van der Waals surface area contributed by atoms with Gasteiger partial charge in [-0.05, 0) is 71.8 Å². The molecule has 0 spiro atoms. The van der Waals surface area contributed by atoms with Gasteiger partial charge in [0.1, 0.15) is 18.1 Å². The summed E-state index contributed by atoms with van der Waals surface area (Å²) in [5, 5.41) is 2.43. The van der Waals surface area contributed by atoms with E-state index < -0.39 is 11.8 Å². The lowest BCUT2D eigenvalue weighted by Crippen LogP contribution is -2.49. The van der Waals surface area contributed by atoms with Crippen LogP contribution in [-0.2, 0) is 9.53 Å². The van der Waals surface area contributed by atoms with E-state index in [2.05, 4.69) is 32.1 Å². The fourth-order valence-electron chi connectivity index (χ4n) is 2.47. The summed E-state index contributed by atoms with van der Waals surface area (Å²) in [5.41, 5.74) is 7.26. The highest BCUT2D eigenvalue weighted by atomic mass is 79.9. The summed E-state index contributed by atoms with van der Waals surface area (Å²) in [6.45, 7) is 4.52. The lowest BCUT2D eigenvalue weighted by molar-refractivity contribution is -0.123. The number of amides is 2. The van der Waals surface area contributed by atoms with Gasteiger partial charge in [-0.1, -0.05) is 17.7 Å². The number of thiocarbonyl (C=S) groups is 1. The highest BCUT2D eigenvalue weighted by molar-refractivity contribution is 9.10. The smallest absolute Gasteiger partial charge is 0.276 e. The van der Waals surface area contributed by atoms with Crippen molar-refractivity contribution in [2.24, 2.45) is 0 Å². The molecule has 0 aliphatic carbocycles. The quantitative estimate of drug-likeness (QED) is 0.286. The van der Waals surface area contributed by atoms with E-state index in [1.54, 1.807) is 25.3 Å². The molecule has 166 valence electrons. The van der Waals surface area contributed by atoms with E-state index in [9.17, 15) is 9.59 Å². The number of hydrazine groups is 1. The maximum Gasteiger partial charge on any atom is 0.276 e. The van der Waals surface area contributed by atoms with E-state index in [1.165, 1.54) is 0 Å². The van der Waals surface area contributed by atoms with Crippen LogP contribution in [0.15, 0.2) is 40.9 Å². The van der Waals surface area contributed by atoms with Crippen molar-refractivity contribution in [3.63, 3.8) is 0 Å². The van der Waals surface area contributed by atoms with Crippen molar-refractivity contribution in [2.75, 3.05) is 26.9 Å². The molecule has 0 saturated carbocycles. The first-order valence-electron chi connectivity index (χ1n) is 9.31. The maximum absolute atomic E-state index is 12.3. The number of hydrogen-bond acceptors (Lipinski definition) is 6. The van der Waals surface area contributed by atoms with Crippen molar-refractivity contribution < 1.29 is 23.8 Å². The zero-order valence-corrected chi connectivity index (χ0v) is 19.8. The molecule has 31 heavy (non-hydrogen) atoms. The Kier molecular flexibility index (Phi) is 9.70. The van der Waals surface area contributed by atoms with Gasteiger partial charge >= 0.3 is 0 Å². The van der Waals surface area contributed by atoms with E-state index in [0.29, 0.717) is 34.7 Å². The SMILES string of the molecule is COCCOc1ccc(C(=O)NC(=S)NNC(=O)COc2ccc(C)cc2C)cc1Br. The van der Waals surface area contributed by atoms with Crippen LogP contribution < -0.4 is 25.6 Å². The zero-order valence-electron chi connectivity index (χ0n) is 17.4. The highest BCUT2D eigenvalue weighted by Gasteiger charge is 2.12. The third kappa shape index (κ3) is 8.16. The molecule has 3 N–H and O–H groups in total. The van der Waals surface area contributed by atoms with Crippen LogP contribution in [0.3, 0.4) is 0 Å². The van der Waals surface area contributed by atoms with Gasteiger partial charge in [0.05, 0.1) is 11.1 Å². The first-order chi connectivity index (χ1) is 14.8. The number of nitrogens with one attached hydrogen (secondary N) is 3. The molecule has 2 amide bonds. The summed E-state index contributed by atoms with van der Waals surface area (Å²) in [6, 6.07) is 10.5. The molecule has 2 aromatic carbocycles. The van der Waals surface area contributed by atoms with Crippen LogP contribution in [0.1, 0.15) is 21.5 Å². The predicted octanol–water partition coefficient (Wildman–Crippen LogP) is 2.81. The molecule has 0 heterocycles. The summed E-state index contributed by atoms with van der Waals surface area (Å²) in [6.07, 6.45) is 0. The zero-order chi connectivity index (χ0) is 22.8. The molecule has 0 bridgehead atoms. The minimum Gasteiger partial charge on any atom is -0.490 e. The van der Waals surface area contributed by atoms with Gasteiger partial charge in [0.25, 0.3) is 11.8 Å². The molecule has 0 fully saturated rings. The molecule has 0 atom stereocenters. The van der Waals surface area contributed by atoms with Crippen LogP contribution >= 0.6 is 28.1 Å². The van der Waals surface area contributed by atoms with Crippen molar-refractivity contribution in [1.82, 2.24) is 16.2 Å². The topological polar surface area (TPSA) is 97.9 Å². The number of rotatable bonds is 8. The summed E-state index contributed by atoms with van der Waals surface area (Å²) in [7, 11) is 1.59. The Morgan fingerprint density at radius 3 is 2.42 bits per heavy atom. The average molecular weight is 510 g/mol. The third-order valence-electron chi connectivity index (χ3n) is 3.97. The number of carbonyl (C=O) groups is 2. The standard InChI is InChI=1S/C21H24BrN3O5S/c1-13-4-6-17(14(2)10-13)30-12-19(26)24-25-21(31)23-20(27)15-5-7-18(16(22)11-15)29-9-8-28-3/h4-7,10-11H,8-9,12H2,1-3H3,(H,24,26)(H2,23,25,27,31). The van der Waals surface area contributed by atoms with Crippen molar-refractivity contribution in [2.45, 2.75) is 13.8 Å². The lowest BCUT2D eigenvalue weighted by atomic mass is 10.1. The van der Waals surface area contributed by atoms with Crippen LogP contribution in [0.2, 0.25) is 0 Å². The summed E-state index contributed by atoms with van der Waals surface area (Å²) < 4.78 is 16.6. The van der Waals surface area contributed by atoms with Crippen molar-refractivity contribution in [3.05, 3.63) is 57.6 Å². The predicted molar refractivity (Wildman–Crippen MR) is 124 cm³/mol. The van der Waals surface area contributed by atoms with Gasteiger partial charge < -0.3 is 14.2 Å². The normalized spacial score (nSPS) is 10.2. The monoisotopic (exact) mass is 509 g/mol. The summed E-state index contributed by atoms with van der Waals surface area (Å²) >= 11 is 8.41. The number of hydrogen-bond donors (Lipinski definition) is 3. The Hall–Kier alpha value is -2.69. The Labute approximate surface area is 194 Å². The number of methoxy groups -OCH3 is 1. The second kappa shape index (κ2) is 12.2. The number of carbonyl (C=O) groups excluding carboxylic acids is 2. The number of benzene rings is 2. The van der Waals surface area contributed by atoms with Gasteiger partial charge in [-0.25, -0.2) is 0 Å². The molecular weight excluding hydrogens is 486 g/mol. The number of ether oxygens (including phenoxy) is 3. The third-order valence-corrected chi connectivity index (χ3v) is 4.79. The Morgan fingerprint density at radius 1 is 1.00 bits per heavy atom. The average Bonchev–Trinajstić information content (AvgIpc) is 2.72. The van der Waals surface area contributed by atoms with E-state index in [4.69, 9.17) is 26.4 Å². The minimum atomic E-state index is -0.447. The molecule has 0 unspecified atom stereocenters. The summed E-state index contributed by atoms with van der Waals surface area (Å²) in [4.78, 5) is 24.3. The van der Waals surface area contributed by atoms with Crippen molar-refractivity contribution >= 4 is 45.1 Å². The largest absolute Gasteiger partial charge is 0.490 e. The van der Waals surface area contributed by atoms with Crippen molar-refractivity contribution in [1.29, 1.82) is 0 Å². The highest BCUT2D eigenvalue weighted by Crippen LogP contribution is 2.26. The van der Waals surface area contributed by atoms with Gasteiger partial charge in [-0.15, -0.1) is 0 Å². The van der Waals surface area contributed by atoms with Crippen LogP contribution in [0.4, 0.5) is 0 Å². The molecular formula is C21H24BrN3O5S.